The molecule has 5 aromatic carbocycles. The summed E-state index contributed by atoms with van der Waals surface area (Å²) < 4.78 is 0. The average Bonchev–Trinajstić information content (AvgIpc) is 3.07. The fraction of sp³-hybridized carbons (Fsp3) is 0.316. The molecule has 0 N–H and O–H groups in total. The zero-order valence-electron chi connectivity index (χ0n) is 27.1. The predicted molar refractivity (Wildman–Crippen MR) is 196 cm³/mol. The molecule has 0 spiro atoms. The lowest BCUT2D eigenvalue weighted by Gasteiger charge is -2.34. The Kier molecular flexibility index (Phi) is 8.01. The number of carbonyl (C=O) groups is 4. The van der Waals surface area contributed by atoms with E-state index >= 15 is 0 Å². The minimum absolute atomic E-state index is 0.294. The van der Waals surface area contributed by atoms with E-state index < -0.39 is 0 Å². The van der Waals surface area contributed by atoms with Gasteiger partial charge in [0.25, 0.3) is 23.6 Å². The Morgan fingerprint density at radius 3 is 1.31 bits per heavy atom. The molecule has 0 saturated heterocycles. The lowest BCUT2D eigenvalue weighted by atomic mass is 9.80. The SMILES string of the molecule is CCCCC(C)N1C(=O)c2ccc3c4c(N=C=S)cc5c6c(ccc(c7c(N=C=S)cc(c2c37)C1=O)c64)C(=O)N(C(C)CCCC)C5=O. The van der Waals surface area contributed by atoms with Crippen molar-refractivity contribution in [2.24, 2.45) is 9.98 Å². The molecule has 2 unspecified atom stereocenters. The van der Waals surface area contributed by atoms with Crippen LogP contribution < -0.4 is 0 Å². The maximum atomic E-state index is 14.2. The Morgan fingerprint density at radius 2 is 0.958 bits per heavy atom. The number of hydrogen-bond donors (Lipinski definition) is 0. The second-order valence-electron chi connectivity index (χ2n) is 12.8. The number of aliphatic imine (C=N–C) groups is 2. The molecule has 0 bridgehead atoms. The van der Waals surface area contributed by atoms with E-state index in [1.54, 1.807) is 24.3 Å². The molecule has 10 heteroatoms. The second kappa shape index (κ2) is 12.1. The van der Waals surface area contributed by atoms with Crippen LogP contribution in [-0.2, 0) is 0 Å². The van der Waals surface area contributed by atoms with Crippen molar-refractivity contribution in [1.82, 2.24) is 9.80 Å². The molecule has 48 heavy (non-hydrogen) atoms. The van der Waals surface area contributed by atoms with Crippen LogP contribution in [0.1, 0.15) is 108 Å². The molecule has 0 aromatic heterocycles. The van der Waals surface area contributed by atoms with Gasteiger partial charge in [-0.25, -0.2) is 0 Å². The van der Waals surface area contributed by atoms with Gasteiger partial charge in [-0.05, 0) is 86.2 Å². The van der Waals surface area contributed by atoms with Crippen molar-refractivity contribution in [3.05, 3.63) is 58.7 Å². The first-order valence-corrected chi connectivity index (χ1v) is 17.2. The third-order valence-corrected chi connectivity index (χ3v) is 10.2. The molecule has 0 radical (unpaired) electrons. The maximum Gasteiger partial charge on any atom is 0.261 e. The van der Waals surface area contributed by atoms with Crippen LogP contribution in [0.2, 0.25) is 0 Å². The summed E-state index contributed by atoms with van der Waals surface area (Å²) in [7, 11) is 0. The van der Waals surface area contributed by atoms with Crippen LogP contribution in [0.5, 0.6) is 0 Å². The first kappa shape index (κ1) is 31.9. The van der Waals surface area contributed by atoms with Gasteiger partial charge >= 0.3 is 0 Å². The highest BCUT2D eigenvalue weighted by atomic mass is 32.1. The zero-order chi connectivity index (χ0) is 34.0. The Bertz CT molecular complexity index is 2200. The maximum absolute atomic E-state index is 14.2. The van der Waals surface area contributed by atoms with E-state index in [1.165, 1.54) is 9.80 Å². The largest absolute Gasteiger partial charge is 0.272 e. The van der Waals surface area contributed by atoms with Gasteiger partial charge in [-0.1, -0.05) is 51.7 Å². The van der Waals surface area contributed by atoms with Crippen molar-refractivity contribution in [2.45, 2.75) is 78.3 Å². The number of amides is 4. The molecule has 7 rings (SSSR count). The van der Waals surface area contributed by atoms with Crippen LogP contribution >= 0.6 is 24.4 Å². The molecular weight excluding hydrogens is 641 g/mol. The number of carbonyl (C=O) groups excluding carboxylic acids is 4. The van der Waals surface area contributed by atoms with Gasteiger partial charge in [0.2, 0.25) is 0 Å². The zero-order valence-corrected chi connectivity index (χ0v) is 28.7. The van der Waals surface area contributed by atoms with Gasteiger partial charge in [0.05, 0.1) is 32.8 Å². The number of benzene rings is 5. The van der Waals surface area contributed by atoms with E-state index in [2.05, 4.69) is 34.2 Å². The summed E-state index contributed by atoms with van der Waals surface area (Å²) in [6.07, 6.45) is 5.04. The molecule has 5 aromatic rings. The van der Waals surface area contributed by atoms with Gasteiger partial charge in [-0.15, -0.1) is 0 Å². The smallest absolute Gasteiger partial charge is 0.261 e. The number of rotatable bonds is 10. The van der Waals surface area contributed by atoms with E-state index in [1.807, 2.05) is 26.0 Å². The highest BCUT2D eigenvalue weighted by Gasteiger charge is 2.40. The monoisotopic (exact) mass is 672 g/mol. The Hall–Kier alpha value is -4.72. The van der Waals surface area contributed by atoms with Gasteiger partial charge < -0.3 is 0 Å². The highest BCUT2D eigenvalue weighted by molar-refractivity contribution is 7.78. The molecule has 4 amide bonds. The molecule has 0 aliphatic carbocycles. The third kappa shape index (κ3) is 4.41. The second-order valence-corrected chi connectivity index (χ2v) is 13.2. The summed E-state index contributed by atoms with van der Waals surface area (Å²) in [5.41, 5.74) is 2.36. The molecule has 0 saturated carbocycles. The number of hydrogen-bond acceptors (Lipinski definition) is 8. The van der Waals surface area contributed by atoms with Gasteiger partial charge in [0.1, 0.15) is 0 Å². The van der Waals surface area contributed by atoms with Crippen LogP contribution in [0.3, 0.4) is 0 Å². The molecule has 240 valence electrons. The van der Waals surface area contributed by atoms with Gasteiger partial charge in [-0.2, -0.15) is 9.98 Å². The summed E-state index contributed by atoms with van der Waals surface area (Å²) in [5, 5.41) is 9.95. The number of unbranched alkanes of at least 4 members (excludes halogenated alkanes) is 2. The number of imide groups is 2. The van der Waals surface area contributed by atoms with E-state index in [9.17, 15) is 19.2 Å². The quantitative estimate of drug-likeness (QED) is 0.0482. The predicted octanol–water partition coefficient (Wildman–Crippen LogP) is 9.56. The van der Waals surface area contributed by atoms with Crippen LogP contribution in [0, 0.1) is 0 Å². The standard InChI is InChI=1S/C38H32N4O4S2/c1-5-7-9-19(3)41-35(43)23-13-11-21-32-28(40-18-48)16-26-30-24(36(44)42(38(26)46)20(4)10-8-6-2)14-12-22(34(30)32)31-27(39-17-47)15-25(37(41)45)29(23)33(21)31/h11-16,19-20H,5-10H2,1-4H3. The van der Waals surface area contributed by atoms with Crippen molar-refractivity contribution in [2.75, 3.05) is 0 Å². The minimum atomic E-state index is -0.387. The van der Waals surface area contributed by atoms with Crippen molar-refractivity contribution in [1.29, 1.82) is 0 Å². The molecule has 2 aliphatic rings. The van der Waals surface area contributed by atoms with Crippen molar-refractivity contribution < 1.29 is 19.2 Å². The number of fused-ring (bicyclic) bond motifs is 2. The molecular formula is C38H32N4O4S2. The Balaban J connectivity index is 1.62. The topological polar surface area (TPSA) is 99.5 Å². The molecule has 2 heterocycles. The van der Waals surface area contributed by atoms with Crippen molar-refractivity contribution in [3.63, 3.8) is 0 Å². The number of isothiocyanates is 2. The third-order valence-electron chi connectivity index (χ3n) is 10.0. The Morgan fingerprint density at radius 1 is 0.583 bits per heavy atom. The molecule has 2 aliphatic heterocycles. The van der Waals surface area contributed by atoms with Crippen LogP contribution in [-0.4, -0.2) is 55.8 Å². The summed E-state index contributed by atoms with van der Waals surface area (Å²) in [5.74, 6) is -1.47. The highest BCUT2D eigenvalue weighted by Crippen LogP contribution is 2.52. The molecule has 2 atom stereocenters. The first-order chi connectivity index (χ1) is 23.2. The molecule has 0 fully saturated rings. The van der Waals surface area contributed by atoms with Crippen LogP contribution in [0.25, 0.3) is 43.1 Å². The van der Waals surface area contributed by atoms with E-state index in [0.29, 0.717) is 89.6 Å². The number of nitrogens with zero attached hydrogens (tertiary/aromatic N) is 4. The van der Waals surface area contributed by atoms with Crippen LogP contribution in [0.15, 0.2) is 46.4 Å². The summed E-state index contributed by atoms with van der Waals surface area (Å²) >= 11 is 10.2. The van der Waals surface area contributed by atoms with E-state index in [-0.39, 0.29) is 35.7 Å². The minimum Gasteiger partial charge on any atom is -0.272 e. The van der Waals surface area contributed by atoms with Gasteiger partial charge in [0, 0.05) is 55.5 Å². The fourth-order valence-corrected chi connectivity index (χ4v) is 7.99. The van der Waals surface area contributed by atoms with Crippen LogP contribution in [0.4, 0.5) is 11.4 Å². The van der Waals surface area contributed by atoms with E-state index in [4.69, 9.17) is 24.4 Å². The normalized spacial score (nSPS) is 15.5. The van der Waals surface area contributed by atoms with Gasteiger partial charge in [-0.3, -0.25) is 29.0 Å². The Labute approximate surface area is 287 Å². The lowest BCUT2D eigenvalue weighted by Crippen LogP contribution is -2.46. The van der Waals surface area contributed by atoms with Crippen molar-refractivity contribution >= 4 is 113 Å². The molecule has 8 nitrogen and oxygen atoms in total. The summed E-state index contributed by atoms with van der Waals surface area (Å²) in [6.45, 7) is 7.95. The lowest BCUT2D eigenvalue weighted by molar-refractivity contribution is 0.0527. The average molecular weight is 673 g/mol. The fourth-order valence-electron chi connectivity index (χ4n) is 7.79. The van der Waals surface area contributed by atoms with Crippen molar-refractivity contribution in [3.8, 4) is 0 Å². The summed E-state index contributed by atoms with van der Waals surface area (Å²) in [4.78, 5) is 68.0. The van der Waals surface area contributed by atoms with E-state index in [0.717, 1.165) is 25.7 Å². The first-order valence-electron chi connectivity index (χ1n) is 16.4. The van der Waals surface area contributed by atoms with Gasteiger partial charge in [0.15, 0.2) is 0 Å². The summed E-state index contributed by atoms with van der Waals surface area (Å²) in [6, 6.07) is 9.97. The number of thiocarbonyl (C=S) groups is 2.